The van der Waals surface area contributed by atoms with Crippen LogP contribution in [0.3, 0.4) is 0 Å². The first-order chi connectivity index (χ1) is 8.99. The first-order valence-corrected chi connectivity index (χ1v) is 6.22. The lowest BCUT2D eigenvalue weighted by atomic mass is 10.2. The number of carbonyl (C=O) groups excluding carboxylic acids is 1. The Bertz CT molecular complexity index is 597. The molecular formula is C14H17N3O2. The Morgan fingerprint density at radius 1 is 1.21 bits per heavy atom. The van der Waals surface area contributed by atoms with E-state index in [2.05, 4.69) is 15.3 Å². The maximum absolute atomic E-state index is 12.1. The van der Waals surface area contributed by atoms with Crippen molar-refractivity contribution in [1.82, 2.24) is 9.97 Å². The molecule has 0 aromatic carbocycles. The summed E-state index contributed by atoms with van der Waals surface area (Å²) < 4.78 is 5.49. The number of carbonyl (C=O) groups is 1. The van der Waals surface area contributed by atoms with Crippen LogP contribution < -0.4 is 5.32 Å². The van der Waals surface area contributed by atoms with Crippen molar-refractivity contribution < 1.29 is 9.21 Å². The topological polar surface area (TPSA) is 68.0 Å². The highest BCUT2D eigenvalue weighted by Gasteiger charge is 2.16. The van der Waals surface area contributed by atoms with Crippen LogP contribution in [-0.2, 0) is 6.42 Å². The Labute approximate surface area is 112 Å². The van der Waals surface area contributed by atoms with Gasteiger partial charge in [-0.1, -0.05) is 6.92 Å². The Kier molecular flexibility index (Phi) is 3.64. The molecule has 0 aliphatic carbocycles. The minimum absolute atomic E-state index is 0.302. The van der Waals surface area contributed by atoms with E-state index in [4.69, 9.17) is 4.42 Å². The summed E-state index contributed by atoms with van der Waals surface area (Å²) in [6, 6.07) is 3.72. The van der Waals surface area contributed by atoms with Gasteiger partial charge in [-0.2, -0.15) is 0 Å². The standard InChI is InChI=1S/C14H17N3O2/c1-5-11-6-8(2)12(19-11)13(18)17-14-15-9(3)7-10(4)16-14/h6-7H,5H2,1-4H3,(H,15,16,17,18). The minimum atomic E-state index is -0.317. The van der Waals surface area contributed by atoms with E-state index in [1.165, 1.54) is 0 Å². The highest BCUT2D eigenvalue weighted by molar-refractivity contribution is 6.02. The van der Waals surface area contributed by atoms with Gasteiger partial charge in [-0.05, 0) is 32.9 Å². The average Bonchev–Trinajstić information content (AvgIpc) is 2.69. The molecule has 5 heteroatoms. The second-order valence-electron chi connectivity index (χ2n) is 4.51. The zero-order chi connectivity index (χ0) is 14.0. The Morgan fingerprint density at radius 2 is 1.84 bits per heavy atom. The maximum Gasteiger partial charge on any atom is 0.294 e. The van der Waals surface area contributed by atoms with Crippen LogP contribution in [0.2, 0.25) is 0 Å². The fraction of sp³-hybridized carbons (Fsp3) is 0.357. The van der Waals surface area contributed by atoms with Gasteiger partial charge in [-0.25, -0.2) is 9.97 Å². The molecule has 0 atom stereocenters. The van der Waals surface area contributed by atoms with Crippen molar-refractivity contribution in [3.05, 3.63) is 40.6 Å². The molecule has 0 saturated carbocycles. The van der Waals surface area contributed by atoms with Crippen molar-refractivity contribution in [2.24, 2.45) is 0 Å². The normalized spacial score (nSPS) is 10.5. The molecule has 19 heavy (non-hydrogen) atoms. The van der Waals surface area contributed by atoms with Crippen LogP contribution in [0.1, 0.15) is 40.2 Å². The molecule has 2 rings (SSSR count). The van der Waals surface area contributed by atoms with Crippen LogP contribution in [0.5, 0.6) is 0 Å². The first-order valence-electron chi connectivity index (χ1n) is 6.22. The van der Waals surface area contributed by atoms with Gasteiger partial charge in [0.05, 0.1) is 0 Å². The monoisotopic (exact) mass is 259 g/mol. The van der Waals surface area contributed by atoms with E-state index < -0.39 is 0 Å². The fourth-order valence-electron chi connectivity index (χ4n) is 1.89. The molecule has 0 radical (unpaired) electrons. The van der Waals surface area contributed by atoms with Crippen molar-refractivity contribution in [2.75, 3.05) is 5.32 Å². The molecule has 100 valence electrons. The Morgan fingerprint density at radius 3 is 2.37 bits per heavy atom. The number of rotatable bonds is 3. The molecule has 1 N–H and O–H groups in total. The lowest BCUT2D eigenvalue weighted by molar-refractivity contribution is 0.0993. The number of anilines is 1. The van der Waals surface area contributed by atoms with Crippen molar-refractivity contribution in [3.63, 3.8) is 0 Å². The number of nitrogens with one attached hydrogen (secondary N) is 1. The van der Waals surface area contributed by atoms with Crippen LogP contribution in [0.4, 0.5) is 5.95 Å². The summed E-state index contributed by atoms with van der Waals surface area (Å²) in [5.41, 5.74) is 2.44. The maximum atomic E-state index is 12.1. The number of amides is 1. The molecule has 0 spiro atoms. The molecule has 1 amide bonds. The van der Waals surface area contributed by atoms with Crippen molar-refractivity contribution >= 4 is 11.9 Å². The average molecular weight is 259 g/mol. The molecule has 0 unspecified atom stereocenters. The number of aromatic nitrogens is 2. The summed E-state index contributed by atoms with van der Waals surface area (Å²) >= 11 is 0. The third kappa shape index (κ3) is 2.99. The predicted octanol–water partition coefficient (Wildman–Crippen LogP) is 2.81. The van der Waals surface area contributed by atoms with E-state index in [-0.39, 0.29) is 5.91 Å². The number of furan rings is 1. The van der Waals surface area contributed by atoms with Gasteiger partial charge < -0.3 is 4.42 Å². The molecular weight excluding hydrogens is 242 g/mol. The smallest absolute Gasteiger partial charge is 0.294 e. The lowest BCUT2D eigenvalue weighted by Crippen LogP contribution is -2.15. The van der Waals surface area contributed by atoms with E-state index in [1.54, 1.807) is 0 Å². The summed E-state index contributed by atoms with van der Waals surface area (Å²) in [6.07, 6.45) is 0.758. The molecule has 0 bridgehead atoms. The number of nitrogens with zero attached hydrogens (tertiary/aromatic N) is 2. The third-order valence-corrected chi connectivity index (χ3v) is 2.73. The van der Waals surface area contributed by atoms with E-state index in [9.17, 15) is 4.79 Å². The van der Waals surface area contributed by atoms with Gasteiger partial charge in [0, 0.05) is 23.4 Å². The van der Waals surface area contributed by atoms with Crippen molar-refractivity contribution in [3.8, 4) is 0 Å². The summed E-state index contributed by atoms with van der Waals surface area (Å²) in [4.78, 5) is 20.4. The zero-order valence-corrected chi connectivity index (χ0v) is 11.6. The van der Waals surface area contributed by atoms with E-state index in [1.807, 2.05) is 39.8 Å². The van der Waals surface area contributed by atoms with E-state index in [0.29, 0.717) is 11.7 Å². The molecule has 5 nitrogen and oxygen atoms in total. The zero-order valence-electron chi connectivity index (χ0n) is 11.6. The quantitative estimate of drug-likeness (QED) is 0.920. The second kappa shape index (κ2) is 5.22. The Balaban J connectivity index is 2.22. The number of hydrogen-bond donors (Lipinski definition) is 1. The molecule has 0 aliphatic heterocycles. The van der Waals surface area contributed by atoms with Gasteiger partial charge in [0.15, 0.2) is 5.76 Å². The molecule has 2 aromatic rings. The van der Waals surface area contributed by atoms with Gasteiger partial charge in [0.1, 0.15) is 5.76 Å². The van der Waals surface area contributed by atoms with Crippen LogP contribution in [0.15, 0.2) is 16.5 Å². The summed E-state index contributed by atoms with van der Waals surface area (Å²) in [5, 5.41) is 2.66. The Hall–Kier alpha value is -2.17. The summed E-state index contributed by atoms with van der Waals surface area (Å²) in [5.74, 6) is 1.10. The van der Waals surface area contributed by atoms with Crippen LogP contribution in [0, 0.1) is 20.8 Å². The van der Waals surface area contributed by atoms with E-state index in [0.717, 1.165) is 29.1 Å². The summed E-state index contributed by atoms with van der Waals surface area (Å²) in [6.45, 7) is 7.54. The molecule has 0 fully saturated rings. The van der Waals surface area contributed by atoms with Crippen LogP contribution in [0.25, 0.3) is 0 Å². The van der Waals surface area contributed by atoms with Crippen LogP contribution >= 0.6 is 0 Å². The number of aryl methyl sites for hydroxylation is 4. The predicted molar refractivity (Wildman–Crippen MR) is 72.3 cm³/mol. The third-order valence-electron chi connectivity index (χ3n) is 2.73. The largest absolute Gasteiger partial charge is 0.456 e. The van der Waals surface area contributed by atoms with Gasteiger partial charge >= 0.3 is 0 Å². The highest BCUT2D eigenvalue weighted by atomic mass is 16.4. The van der Waals surface area contributed by atoms with Crippen molar-refractivity contribution in [1.29, 1.82) is 0 Å². The molecule has 2 aromatic heterocycles. The van der Waals surface area contributed by atoms with Crippen molar-refractivity contribution in [2.45, 2.75) is 34.1 Å². The van der Waals surface area contributed by atoms with Crippen LogP contribution in [-0.4, -0.2) is 15.9 Å². The SMILES string of the molecule is CCc1cc(C)c(C(=O)Nc2nc(C)cc(C)n2)o1. The summed E-state index contributed by atoms with van der Waals surface area (Å²) in [7, 11) is 0. The number of hydrogen-bond acceptors (Lipinski definition) is 4. The van der Waals surface area contributed by atoms with Gasteiger partial charge in [0.25, 0.3) is 5.91 Å². The molecule has 0 saturated heterocycles. The highest BCUT2D eigenvalue weighted by Crippen LogP contribution is 2.16. The first kappa shape index (κ1) is 13.3. The molecule has 2 heterocycles. The minimum Gasteiger partial charge on any atom is -0.456 e. The fourth-order valence-corrected chi connectivity index (χ4v) is 1.89. The van der Waals surface area contributed by atoms with Gasteiger partial charge in [0.2, 0.25) is 5.95 Å². The molecule has 0 aliphatic rings. The van der Waals surface area contributed by atoms with E-state index >= 15 is 0 Å². The van der Waals surface area contributed by atoms with Gasteiger partial charge in [-0.15, -0.1) is 0 Å². The second-order valence-corrected chi connectivity index (χ2v) is 4.51. The van der Waals surface area contributed by atoms with Gasteiger partial charge in [-0.3, -0.25) is 10.1 Å². The lowest BCUT2D eigenvalue weighted by Gasteiger charge is -2.04.